The third kappa shape index (κ3) is 4.12. The maximum Gasteiger partial charge on any atom is 0.237 e. The largest absolute Gasteiger partial charge is 0.439 e. The van der Waals surface area contributed by atoms with Gasteiger partial charge in [0.1, 0.15) is 11.5 Å². The van der Waals surface area contributed by atoms with Crippen molar-refractivity contribution in [3.63, 3.8) is 0 Å². The molecule has 7 nitrogen and oxygen atoms in total. The molecule has 3 aromatic rings. The average Bonchev–Trinajstić information content (AvgIpc) is 3.36. The van der Waals surface area contributed by atoms with Crippen LogP contribution in [0.1, 0.15) is 29.9 Å². The van der Waals surface area contributed by atoms with Crippen LogP contribution in [0, 0.1) is 6.92 Å². The molecule has 3 N–H and O–H groups in total. The molecule has 2 aromatic carbocycles. The van der Waals surface area contributed by atoms with Gasteiger partial charge in [-0.15, -0.1) is 0 Å². The number of nitrogens with zero attached hydrogens (tertiary/aromatic N) is 2. The highest BCUT2D eigenvalue weighted by atomic mass is 35.5. The second kappa shape index (κ2) is 8.82. The summed E-state index contributed by atoms with van der Waals surface area (Å²) in [6, 6.07) is 12.2. The number of oxazole rings is 1. The molecule has 1 fully saturated rings. The van der Waals surface area contributed by atoms with E-state index in [0.717, 1.165) is 39.4 Å². The Morgan fingerprint density at radius 3 is 2.64 bits per heavy atom. The number of benzene rings is 2. The van der Waals surface area contributed by atoms with Gasteiger partial charge in [0.25, 0.3) is 0 Å². The summed E-state index contributed by atoms with van der Waals surface area (Å²) in [6.45, 7) is 3.18. The van der Waals surface area contributed by atoms with Crippen LogP contribution in [0.5, 0.6) is 0 Å². The number of hydrogen-bond donors (Lipinski definition) is 3. The molecule has 0 spiro atoms. The molecule has 172 valence electrons. The molecule has 0 saturated heterocycles. The first kappa shape index (κ1) is 21.9. The number of hydrogen-bond acceptors (Lipinski definition) is 6. The van der Waals surface area contributed by atoms with Gasteiger partial charge >= 0.3 is 0 Å². The van der Waals surface area contributed by atoms with Crippen LogP contribution in [0.4, 0.5) is 5.69 Å². The number of aliphatic hydroxyl groups excluding tert-OH is 1. The number of fused-ring (bicyclic) bond motifs is 1. The van der Waals surface area contributed by atoms with E-state index in [2.05, 4.69) is 10.6 Å². The van der Waals surface area contributed by atoms with Gasteiger partial charge in [-0.1, -0.05) is 35.9 Å². The Balaban J connectivity index is 1.33. The van der Waals surface area contributed by atoms with Crippen LogP contribution in [-0.2, 0) is 17.9 Å². The Bertz CT molecular complexity index is 1180. The number of carbonyl (C=O) groups is 1. The molecule has 8 heteroatoms. The minimum absolute atomic E-state index is 0.0170. The minimum Gasteiger partial charge on any atom is -0.439 e. The van der Waals surface area contributed by atoms with E-state index in [1.165, 1.54) is 0 Å². The van der Waals surface area contributed by atoms with Crippen LogP contribution in [-0.4, -0.2) is 46.6 Å². The number of nitrogens with one attached hydrogen (secondary N) is 2. The summed E-state index contributed by atoms with van der Waals surface area (Å²) in [7, 11) is 1.85. The highest BCUT2D eigenvalue weighted by Crippen LogP contribution is 2.39. The molecule has 0 unspecified atom stereocenters. The molecule has 0 atom stereocenters. The zero-order chi connectivity index (χ0) is 23.1. The van der Waals surface area contributed by atoms with Crippen molar-refractivity contribution in [1.29, 1.82) is 0 Å². The fraction of sp³-hybridized carbons (Fsp3) is 0.360. The molecule has 33 heavy (non-hydrogen) atoms. The molecule has 1 aliphatic heterocycles. The number of amides is 1. The monoisotopic (exact) mass is 466 g/mol. The summed E-state index contributed by atoms with van der Waals surface area (Å²) >= 11 is 6.63. The van der Waals surface area contributed by atoms with E-state index in [4.69, 9.17) is 21.0 Å². The fourth-order valence-corrected chi connectivity index (χ4v) is 4.84. The normalized spacial score (nSPS) is 19.3. The van der Waals surface area contributed by atoms with Gasteiger partial charge in [0.15, 0.2) is 0 Å². The first-order valence-electron chi connectivity index (χ1n) is 11.2. The van der Waals surface area contributed by atoms with Gasteiger partial charge in [-0.25, -0.2) is 4.98 Å². The molecule has 2 heterocycles. The molecule has 2 aliphatic rings. The summed E-state index contributed by atoms with van der Waals surface area (Å²) in [5.74, 6) is 1.31. The van der Waals surface area contributed by atoms with Crippen LogP contribution >= 0.6 is 11.6 Å². The molecule has 5 rings (SSSR count). The van der Waals surface area contributed by atoms with Gasteiger partial charge in [-0.05, 0) is 43.0 Å². The number of aromatic nitrogens is 1. The second-order valence-corrected chi connectivity index (χ2v) is 9.11. The fourth-order valence-electron chi connectivity index (χ4n) is 4.52. The van der Waals surface area contributed by atoms with Crippen molar-refractivity contribution < 1.29 is 14.3 Å². The number of aliphatic hydroxyl groups is 1. The highest BCUT2D eigenvalue weighted by Gasteiger charge is 2.31. The van der Waals surface area contributed by atoms with Crippen molar-refractivity contribution in [3.8, 4) is 22.6 Å². The third-order valence-corrected chi connectivity index (χ3v) is 6.99. The van der Waals surface area contributed by atoms with E-state index < -0.39 is 0 Å². The van der Waals surface area contributed by atoms with Crippen molar-refractivity contribution in [2.24, 2.45) is 0 Å². The smallest absolute Gasteiger partial charge is 0.237 e. The Labute approximate surface area is 197 Å². The van der Waals surface area contributed by atoms with E-state index in [1.54, 1.807) is 4.90 Å². The summed E-state index contributed by atoms with van der Waals surface area (Å²) in [4.78, 5) is 19.0. The lowest BCUT2D eigenvalue weighted by Crippen LogP contribution is -2.47. The molecule has 0 radical (unpaired) electrons. The zero-order valence-corrected chi connectivity index (χ0v) is 19.4. The molecular weight excluding hydrogens is 440 g/mol. The van der Waals surface area contributed by atoms with Crippen LogP contribution in [0.2, 0.25) is 5.02 Å². The average molecular weight is 467 g/mol. The number of halogens is 1. The molecule has 1 aromatic heterocycles. The Morgan fingerprint density at radius 2 is 1.91 bits per heavy atom. The lowest BCUT2D eigenvalue weighted by molar-refractivity contribution is -0.131. The molecular formula is C25H27ClN4O3. The Hall–Kier alpha value is -2.87. The third-order valence-electron chi connectivity index (χ3n) is 6.58. The number of rotatable bonds is 6. The molecule has 1 saturated carbocycles. The number of anilines is 1. The van der Waals surface area contributed by atoms with Crippen molar-refractivity contribution in [2.45, 2.75) is 45.0 Å². The Kier molecular flexibility index (Phi) is 5.86. The standard InChI is InChI=1S/C25H27ClN4O3/c1-14-17(19-7-4-8-20(27-2)24(19)26)5-3-6-18(14)25-29-21-12-30(13-22(21)33-25)23(32)11-28-15-9-16(31)10-15/h3-8,15-16,27-28,31H,9-13H2,1-2H3. The van der Waals surface area contributed by atoms with Crippen molar-refractivity contribution in [2.75, 3.05) is 18.9 Å². The first-order chi connectivity index (χ1) is 15.9. The van der Waals surface area contributed by atoms with Crippen molar-refractivity contribution in [1.82, 2.24) is 15.2 Å². The van der Waals surface area contributed by atoms with Crippen LogP contribution in [0.15, 0.2) is 40.8 Å². The van der Waals surface area contributed by atoms with Gasteiger partial charge in [-0.3, -0.25) is 4.79 Å². The molecule has 1 amide bonds. The van der Waals surface area contributed by atoms with Crippen LogP contribution < -0.4 is 10.6 Å². The van der Waals surface area contributed by atoms with Gasteiger partial charge in [0, 0.05) is 24.2 Å². The van der Waals surface area contributed by atoms with Gasteiger partial charge in [0.05, 0.1) is 36.4 Å². The summed E-state index contributed by atoms with van der Waals surface area (Å²) in [5, 5.41) is 16.4. The van der Waals surface area contributed by atoms with Gasteiger partial charge in [-0.2, -0.15) is 0 Å². The maximum atomic E-state index is 12.5. The lowest BCUT2D eigenvalue weighted by atomic mass is 9.89. The first-order valence-corrected chi connectivity index (χ1v) is 11.6. The Morgan fingerprint density at radius 1 is 1.18 bits per heavy atom. The highest BCUT2D eigenvalue weighted by molar-refractivity contribution is 6.36. The van der Waals surface area contributed by atoms with Gasteiger partial charge < -0.3 is 25.1 Å². The summed E-state index contributed by atoms with van der Waals surface area (Å²) < 4.78 is 6.11. The van der Waals surface area contributed by atoms with E-state index in [0.29, 0.717) is 36.8 Å². The quantitative estimate of drug-likeness (QED) is 0.509. The van der Waals surface area contributed by atoms with Gasteiger partial charge in [0.2, 0.25) is 11.8 Å². The molecule has 1 aliphatic carbocycles. The predicted molar refractivity (Wildman–Crippen MR) is 128 cm³/mol. The second-order valence-electron chi connectivity index (χ2n) is 8.74. The minimum atomic E-state index is -0.235. The van der Waals surface area contributed by atoms with Crippen LogP contribution in [0.25, 0.3) is 22.6 Å². The summed E-state index contributed by atoms with van der Waals surface area (Å²) in [5.41, 5.74) is 5.60. The number of carbonyl (C=O) groups excluding carboxylic acids is 1. The van der Waals surface area contributed by atoms with E-state index in [-0.39, 0.29) is 24.6 Å². The van der Waals surface area contributed by atoms with E-state index >= 15 is 0 Å². The van der Waals surface area contributed by atoms with E-state index in [1.807, 2.05) is 50.4 Å². The topological polar surface area (TPSA) is 90.6 Å². The zero-order valence-electron chi connectivity index (χ0n) is 18.7. The van der Waals surface area contributed by atoms with Crippen molar-refractivity contribution >= 4 is 23.2 Å². The van der Waals surface area contributed by atoms with Crippen molar-refractivity contribution in [3.05, 3.63) is 58.4 Å². The lowest BCUT2D eigenvalue weighted by Gasteiger charge is -2.32. The summed E-state index contributed by atoms with van der Waals surface area (Å²) in [6.07, 6.45) is 1.19. The van der Waals surface area contributed by atoms with Crippen LogP contribution in [0.3, 0.4) is 0 Å². The maximum absolute atomic E-state index is 12.5. The molecule has 0 bridgehead atoms. The van der Waals surface area contributed by atoms with E-state index in [9.17, 15) is 9.90 Å². The SMILES string of the molecule is CNc1cccc(-c2cccc(-c3nc4c(o3)CN(C(=O)CNC3CC(O)C3)C4)c2C)c1Cl. The predicted octanol–water partition coefficient (Wildman–Crippen LogP) is 3.97.